The molecular weight excluding hydrogens is 462 g/mol. The normalized spacial score (nSPS) is 19.6. The summed E-state index contributed by atoms with van der Waals surface area (Å²) in [4.78, 5) is 16.1. The number of nitrogens with zero attached hydrogens (tertiary/aromatic N) is 8. The van der Waals surface area contributed by atoms with Gasteiger partial charge in [0, 0.05) is 57.1 Å². The monoisotopic (exact) mass is 497 g/mol. The molecule has 0 amide bonds. The number of nitrogens with two attached hydrogens (primary N) is 1. The fourth-order valence-corrected chi connectivity index (χ4v) is 6.13. The predicted octanol–water partition coefficient (Wildman–Crippen LogP) is 3.42. The summed E-state index contributed by atoms with van der Waals surface area (Å²) in [6.07, 6.45) is 9.95. The van der Waals surface area contributed by atoms with Crippen molar-refractivity contribution in [2.45, 2.75) is 50.6 Å². The molecule has 2 aliphatic heterocycles. The Hall–Kier alpha value is -3.64. The Morgan fingerprint density at radius 2 is 1.70 bits per heavy atom. The van der Waals surface area contributed by atoms with Crippen LogP contribution in [-0.4, -0.2) is 64.4 Å². The van der Waals surface area contributed by atoms with Crippen LogP contribution in [0.15, 0.2) is 36.7 Å². The second kappa shape index (κ2) is 9.67. The van der Waals surface area contributed by atoms with Crippen molar-refractivity contribution in [1.29, 1.82) is 5.26 Å². The molecule has 4 heterocycles. The van der Waals surface area contributed by atoms with Crippen LogP contribution >= 0.6 is 0 Å². The summed E-state index contributed by atoms with van der Waals surface area (Å²) >= 11 is 0. The Labute approximate surface area is 218 Å². The first-order chi connectivity index (χ1) is 18.0. The molecule has 0 bridgehead atoms. The van der Waals surface area contributed by atoms with Crippen molar-refractivity contribution in [2.24, 2.45) is 0 Å². The molecule has 2 N–H and O–H groups in total. The molecule has 1 aliphatic carbocycles. The van der Waals surface area contributed by atoms with E-state index in [9.17, 15) is 5.26 Å². The average molecular weight is 498 g/mol. The van der Waals surface area contributed by atoms with E-state index in [0.29, 0.717) is 12.4 Å². The van der Waals surface area contributed by atoms with E-state index in [4.69, 9.17) is 10.8 Å². The van der Waals surface area contributed by atoms with Crippen LogP contribution in [0.3, 0.4) is 0 Å². The zero-order chi connectivity index (χ0) is 25.4. The Balaban J connectivity index is 1.24. The van der Waals surface area contributed by atoms with Gasteiger partial charge in [0.2, 0.25) is 5.95 Å². The molecule has 2 fully saturated rings. The molecule has 0 atom stereocenters. The summed E-state index contributed by atoms with van der Waals surface area (Å²) in [6.45, 7) is 5.62. The van der Waals surface area contributed by atoms with Gasteiger partial charge in [0.1, 0.15) is 11.6 Å². The number of nitrogen functional groups attached to an aromatic ring is 1. The first kappa shape index (κ1) is 23.7. The summed E-state index contributed by atoms with van der Waals surface area (Å²) in [7, 11) is 2.15. The summed E-state index contributed by atoms with van der Waals surface area (Å²) in [6, 6.07) is 11.2. The molecule has 6 rings (SSSR count). The average Bonchev–Trinajstić information content (AvgIpc) is 3.59. The van der Waals surface area contributed by atoms with Gasteiger partial charge >= 0.3 is 0 Å². The highest BCUT2D eigenvalue weighted by Crippen LogP contribution is 2.40. The fraction of sp³-hybridized carbons (Fsp3) is 0.500. The van der Waals surface area contributed by atoms with E-state index in [2.05, 4.69) is 72.9 Å². The Morgan fingerprint density at radius 1 is 0.946 bits per heavy atom. The quantitative estimate of drug-likeness (QED) is 0.572. The third-order valence-corrected chi connectivity index (χ3v) is 8.43. The summed E-state index contributed by atoms with van der Waals surface area (Å²) in [5.74, 6) is 2.14. The van der Waals surface area contributed by atoms with Crippen molar-refractivity contribution in [1.82, 2.24) is 24.6 Å². The Bertz CT molecular complexity index is 1310. The number of likely N-dealkylation sites (N-methyl/N-ethyl adjacent to an activating group) is 1. The second-order valence-corrected chi connectivity index (χ2v) is 10.8. The summed E-state index contributed by atoms with van der Waals surface area (Å²) < 4.78 is 2.06. The van der Waals surface area contributed by atoms with Gasteiger partial charge in [-0.2, -0.15) is 20.3 Å². The topological polar surface area (TPSA) is 103 Å². The minimum Gasteiger partial charge on any atom is -0.368 e. The minimum atomic E-state index is -0.146. The third kappa shape index (κ3) is 4.62. The number of nitriles is 1. The van der Waals surface area contributed by atoms with Gasteiger partial charge in [0.15, 0.2) is 0 Å². The molecule has 37 heavy (non-hydrogen) atoms. The maximum atomic E-state index is 9.43. The first-order valence-corrected chi connectivity index (χ1v) is 13.4. The number of rotatable bonds is 5. The van der Waals surface area contributed by atoms with Gasteiger partial charge in [-0.1, -0.05) is 25.0 Å². The number of anilines is 3. The Kier molecular flexibility index (Phi) is 6.21. The van der Waals surface area contributed by atoms with Crippen molar-refractivity contribution in [3.8, 4) is 17.2 Å². The van der Waals surface area contributed by atoms with Crippen molar-refractivity contribution >= 4 is 17.6 Å². The van der Waals surface area contributed by atoms with E-state index in [-0.39, 0.29) is 5.54 Å². The number of benzene rings is 1. The van der Waals surface area contributed by atoms with Crippen LogP contribution in [0.25, 0.3) is 11.1 Å². The van der Waals surface area contributed by atoms with Gasteiger partial charge in [-0.15, -0.1) is 0 Å². The third-order valence-electron chi connectivity index (χ3n) is 8.43. The van der Waals surface area contributed by atoms with E-state index in [1.54, 1.807) is 0 Å². The van der Waals surface area contributed by atoms with Crippen LogP contribution in [0.4, 0.5) is 17.6 Å². The molecule has 192 valence electrons. The van der Waals surface area contributed by atoms with Crippen LogP contribution in [-0.2, 0) is 18.5 Å². The standard InChI is InChI=1S/C28H35N9/c1-34-12-14-35(15-13-34)25-17-26(33-27(30)32-25)36-11-6-21-4-5-22(16-23(21)19-36)24-18-31-37(20-24)28(9-10-29)7-2-3-8-28/h4-5,16-18,20H,2-3,6-9,11-15,19H2,1H3,(H2,30,32,33). The molecule has 1 saturated carbocycles. The van der Waals surface area contributed by atoms with Crippen molar-refractivity contribution in [3.05, 3.63) is 47.8 Å². The van der Waals surface area contributed by atoms with E-state index in [0.717, 1.165) is 94.1 Å². The lowest BCUT2D eigenvalue weighted by Gasteiger charge is -2.34. The molecule has 2 aromatic heterocycles. The lowest BCUT2D eigenvalue weighted by Crippen LogP contribution is -2.45. The number of hydrogen-bond donors (Lipinski definition) is 1. The molecule has 9 nitrogen and oxygen atoms in total. The zero-order valence-corrected chi connectivity index (χ0v) is 21.6. The smallest absolute Gasteiger partial charge is 0.223 e. The molecule has 3 aromatic rings. The van der Waals surface area contributed by atoms with Gasteiger partial charge in [-0.05, 0) is 49.1 Å². The van der Waals surface area contributed by atoms with Crippen LogP contribution in [0.1, 0.15) is 43.2 Å². The molecule has 1 saturated heterocycles. The van der Waals surface area contributed by atoms with Crippen LogP contribution in [0, 0.1) is 11.3 Å². The number of aromatic nitrogens is 4. The number of piperazine rings is 1. The lowest BCUT2D eigenvalue weighted by molar-refractivity contribution is 0.269. The maximum absolute atomic E-state index is 9.43. The maximum Gasteiger partial charge on any atom is 0.223 e. The second-order valence-electron chi connectivity index (χ2n) is 10.8. The van der Waals surface area contributed by atoms with E-state index >= 15 is 0 Å². The van der Waals surface area contributed by atoms with Crippen molar-refractivity contribution in [2.75, 3.05) is 55.3 Å². The van der Waals surface area contributed by atoms with E-state index in [1.165, 1.54) is 11.1 Å². The molecule has 1 aromatic carbocycles. The molecule has 0 unspecified atom stereocenters. The van der Waals surface area contributed by atoms with Crippen molar-refractivity contribution < 1.29 is 0 Å². The Morgan fingerprint density at radius 3 is 2.46 bits per heavy atom. The van der Waals surface area contributed by atoms with Gasteiger partial charge in [-0.25, -0.2) is 0 Å². The number of fused-ring (bicyclic) bond motifs is 1. The predicted molar refractivity (Wildman–Crippen MR) is 145 cm³/mol. The van der Waals surface area contributed by atoms with E-state index in [1.807, 2.05) is 6.20 Å². The molecular formula is C28H35N9. The van der Waals surface area contributed by atoms with Gasteiger partial charge in [0.05, 0.1) is 24.2 Å². The molecule has 9 heteroatoms. The summed E-state index contributed by atoms with van der Waals surface area (Å²) in [5, 5.41) is 14.2. The first-order valence-electron chi connectivity index (χ1n) is 13.4. The number of hydrogen-bond acceptors (Lipinski definition) is 8. The minimum absolute atomic E-state index is 0.146. The largest absolute Gasteiger partial charge is 0.368 e. The van der Waals surface area contributed by atoms with E-state index < -0.39 is 0 Å². The van der Waals surface area contributed by atoms with Crippen LogP contribution in [0.5, 0.6) is 0 Å². The molecule has 3 aliphatic rings. The van der Waals surface area contributed by atoms with Gasteiger partial charge < -0.3 is 20.4 Å². The van der Waals surface area contributed by atoms with Crippen LogP contribution < -0.4 is 15.5 Å². The highest BCUT2D eigenvalue weighted by atomic mass is 15.3. The highest BCUT2D eigenvalue weighted by molar-refractivity contribution is 5.65. The van der Waals surface area contributed by atoms with Gasteiger partial charge in [0.25, 0.3) is 0 Å². The summed E-state index contributed by atoms with van der Waals surface area (Å²) in [5.41, 5.74) is 11.0. The van der Waals surface area contributed by atoms with Gasteiger partial charge in [-0.3, -0.25) is 4.68 Å². The molecule has 0 radical (unpaired) electrons. The lowest BCUT2D eigenvalue weighted by atomic mass is 9.94. The highest BCUT2D eigenvalue weighted by Gasteiger charge is 2.36. The SMILES string of the molecule is CN1CCN(c2cc(N3CCc4ccc(-c5cnn(C6(CC#N)CCCC6)c5)cc4C3)nc(N)n2)CC1. The fourth-order valence-electron chi connectivity index (χ4n) is 6.13. The van der Waals surface area contributed by atoms with Crippen LogP contribution in [0.2, 0.25) is 0 Å². The zero-order valence-electron chi connectivity index (χ0n) is 21.6. The van der Waals surface area contributed by atoms with Crippen molar-refractivity contribution in [3.63, 3.8) is 0 Å². The molecule has 0 spiro atoms.